The Labute approximate surface area is 131 Å². The third-order valence-corrected chi connectivity index (χ3v) is 4.10. The molecule has 2 N–H and O–H groups in total. The Kier molecular flexibility index (Phi) is 6.11. The third kappa shape index (κ3) is 6.02. The van der Waals surface area contributed by atoms with Gasteiger partial charge in [-0.1, -0.05) is 24.6 Å². The van der Waals surface area contributed by atoms with E-state index in [0.717, 1.165) is 5.56 Å². The van der Waals surface area contributed by atoms with E-state index in [2.05, 4.69) is 0 Å². The molecule has 1 aliphatic rings. The van der Waals surface area contributed by atoms with Crippen molar-refractivity contribution in [2.75, 3.05) is 19.8 Å². The van der Waals surface area contributed by atoms with Gasteiger partial charge in [-0.25, -0.2) is 0 Å². The summed E-state index contributed by atoms with van der Waals surface area (Å²) in [7, 11) is -4.02. The molecular formula is C15H24O6S. The summed E-state index contributed by atoms with van der Waals surface area (Å²) in [6, 6.07) is 5.99. The minimum atomic E-state index is -4.02. The fourth-order valence-electron chi connectivity index (χ4n) is 1.58. The van der Waals surface area contributed by atoms with Crippen LogP contribution in [0.15, 0.2) is 29.2 Å². The second-order valence-corrected chi connectivity index (χ2v) is 7.66. The Hall–Kier alpha value is -0.990. The molecule has 0 radical (unpaired) electrons. The summed E-state index contributed by atoms with van der Waals surface area (Å²) in [4.78, 5) is -0.0666. The zero-order chi connectivity index (χ0) is 17.0. The highest BCUT2D eigenvalue weighted by Gasteiger charge is 2.35. The number of aryl methyl sites for hydroxylation is 1. The quantitative estimate of drug-likeness (QED) is 0.805. The van der Waals surface area contributed by atoms with E-state index in [9.17, 15) is 8.42 Å². The third-order valence-electron chi connectivity index (χ3n) is 3.24. The number of hydrogen-bond acceptors (Lipinski definition) is 5. The highest BCUT2D eigenvalue weighted by atomic mass is 32.2. The van der Waals surface area contributed by atoms with Gasteiger partial charge in [-0.05, 0) is 32.9 Å². The topological polar surface area (TPSA) is 93.1 Å². The number of aliphatic hydroxyl groups excluding tert-OH is 1. The van der Waals surface area contributed by atoms with Gasteiger partial charge in [0.1, 0.15) is 0 Å². The monoisotopic (exact) mass is 332 g/mol. The first-order valence-electron chi connectivity index (χ1n) is 6.90. The van der Waals surface area contributed by atoms with Crippen molar-refractivity contribution in [3.8, 4) is 0 Å². The Morgan fingerprint density at radius 1 is 1.09 bits per heavy atom. The molecule has 0 unspecified atom stereocenters. The summed E-state index contributed by atoms with van der Waals surface area (Å²) in [6.07, 6.45) is 0. The number of ether oxygens (including phenoxy) is 2. The summed E-state index contributed by atoms with van der Waals surface area (Å²) in [5.41, 5.74) is 0.743. The van der Waals surface area contributed by atoms with Crippen LogP contribution >= 0.6 is 0 Å². The molecule has 0 bridgehead atoms. The number of hydrogen-bond donors (Lipinski definition) is 2. The van der Waals surface area contributed by atoms with E-state index < -0.39 is 15.9 Å². The molecular weight excluding hydrogens is 308 g/mol. The van der Waals surface area contributed by atoms with E-state index in [1.54, 1.807) is 12.1 Å². The van der Waals surface area contributed by atoms with Crippen molar-refractivity contribution in [2.45, 2.75) is 38.4 Å². The zero-order valence-electron chi connectivity index (χ0n) is 13.4. The van der Waals surface area contributed by atoms with Gasteiger partial charge in [-0.3, -0.25) is 4.55 Å². The summed E-state index contributed by atoms with van der Waals surface area (Å²) in [5.74, 6) is -0.478. The lowest BCUT2D eigenvalue weighted by Gasteiger charge is -2.40. The fraction of sp³-hybridized carbons (Fsp3) is 0.600. The molecule has 0 saturated carbocycles. The standard InChI is InChI=1S/C8H16O3.C7H8O3S/c1-7(2)10-5-8(3,4-9)6-11-7;1-6-2-4-7(5-3-6)11(8,9)10/h9H,4-6H2,1-3H3;2-5H,1H3,(H,8,9,10). The van der Waals surface area contributed by atoms with E-state index >= 15 is 0 Å². The Balaban J connectivity index is 0.000000220. The van der Waals surface area contributed by atoms with Crippen LogP contribution in [0.3, 0.4) is 0 Å². The second kappa shape index (κ2) is 7.06. The number of benzene rings is 1. The van der Waals surface area contributed by atoms with Crippen molar-refractivity contribution < 1.29 is 27.6 Å². The van der Waals surface area contributed by atoms with Crippen molar-refractivity contribution in [2.24, 2.45) is 5.41 Å². The van der Waals surface area contributed by atoms with Gasteiger partial charge < -0.3 is 14.6 Å². The van der Waals surface area contributed by atoms with Gasteiger partial charge in [0.25, 0.3) is 10.1 Å². The lowest BCUT2D eigenvalue weighted by atomic mass is 9.93. The Bertz CT molecular complexity index is 567. The van der Waals surface area contributed by atoms with Crippen LogP contribution in [0.2, 0.25) is 0 Å². The molecule has 1 aromatic rings. The van der Waals surface area contributed by atoms with Gasteiger partial charge in [-0.15, -0.1) is 0 Å². The SMILES string of the molecule is CC1(CO)COC(C)(C)OC1.Cc1ccc(S(=O)(=O)O)cc1. The van der Waals surface area contributed by atoms with Crippen molar-refractivity contribution in [3.63, 3.8) is 0 Å². The summed E-state index contributed by atoms with van der Waals surface area (Å²) >= 11 is 0. The molecule has 2 rings (SSSR count). The van der Waals surface area contributed by atoms with E-state index in [-0.39, 0.29) is 16.9 Å². The molecule has 0 aliphatic carbocycles. The second-order valence-electron chi connectivity index (χ2n) is 6.23. The maximum absolute atomic E-state index is 10.5. The van der Waals surface area contributed by atoms with Crippen LogP contribution in [-0.4, -0.2) is 43.7 Å². The summed E-state index contributed by atoms with van der Waals surface area (Å²) in [5, 5.41) is 8.96. The maximum atomic E-state index is 10.5. The molecule has 1 heterocycles. The first-order chi connectivity index (χ1) is 9.97. The molecule has 1 fully saturated rings. The predicted molar refractivity (Wildman–Crippen MR) is 82.2 cm³/mol. The van der Waals surface area contributed by atoms with E-state index in [1.807, 2.05) is 27.7 Å². The molecule has 0 amide bonds. The smallest absolute Gasteiger partial charge is 0.294 e. The molecule has 126 valence electrons. The zero-order valence-corrected chi connectivity index (χ0v) is 14.2. The van der Waals surface area contributed by atoms with Crippen molar-refractivity contribution in [3.05, 3.63) is 29.8 Å². The molecule has 1 saturated heterocycles. The average molecular weight is 332 g/mol. The molecule has 6 nitrogen and oxygen atoms in total. The molecule has 0 aromatic heterocycles. The average Bonchev–Trinajstić information content (AvgIpc) is 2.43. The lowest BCUT2D eigenvalue weighted by molar-refractivity contribution is -0.286. The number of aliphatic hydroxyl groups is 1. The molecule has 1 aliphatic heterocycles. The summed E-state index contributed by atoms with van der Waals surface area (Å²) < 4.78 is 40.3. The van der Waals surface area contributed by atoms with Crippen molar-refractivity contribution in [1.29, 1.82) is 0 Å². The van der Waals surface area contributed by atoms with Crippen molar-refractivity contribution in [1.82, 2.24) is 0 Å². The van der Waals surface area contributed by atoms with Crippen LogP contribution in [0.4, 0.5) is 0 Å². The molecule has 1 aromatic carbocycles. The number of rotatable bonds is 2. The Morgan fingerprint density at radius 2 is 1.55 bits per heavy atom. The van der Waals surface area contributed by atoms with Gasteiger partial charge in [0.2, 0.25) is 0 Å². The molecule has 0 atom stereocenters. The normalized spacial score (nSPS) is 19.9. The van der Waals surface area contributed by atoms with Gasteiger partial charge in [-0.2, -0.15) is 8.42 Å². The maximum Gasteiger partial charge on any atom is 0.294 e. The van der Waals surface area contributed by atoms with Crippen LogP contribution in [-0.2, 0) is 19.6 Å². The van der Waals surface area contributed by atoms with Gasteiger partial charge in [0.15, 0.2) is 5.79 Å². The van der Waals surface area contributed by atoms with Gasteiger partial charge >= 0.3 is 0 Å². The highest BCUT2D eigenvalue weighted by Crippen LogP contribution is 2.28. The van der Waals surface area contributed by atoms with E-state index in [1.165, 1.54) is 12.1 Å². The fourth-order valence-corrected chi connectivity index (χ4v) is 2.06. The van der Waals surface area contributed by atoms with Gasteiger partial charge in [0.05, 0.1) is 24.7 Å². The van der Waals surface area contributed by atoms with Crippen LogP contribution in [0.5, 0.6) is 0 Å². The van der Waals surface area contributed by atoms with Crippen molar-refractivity contribution >= 4 is 10.1 Å². The van der Waals surface area contributed by atoms with Crippen LogP contribution in [0, 0.1) is 12.3 Å². The molecule has 0 spiro atoms. The minimum absolute atomic E-state index is 0.0666. The molecule has 7 heteroatoms. The van der Waals surface area contributed by atoms with Crippen LogP contribution in [0.1, 0.15) is 26.3 Å². The first kappa shape index (κ1) is 19.1. The van der Waals surface area contributed by atoms with Gasteiger partial charge in [0, 0.05) is 5.41 Å². The van der Waals surface area contributed by atoms with E-state index in [4.69, 9.17) is 19.1 Å². The first-order valence-corrected chi connectivity index (χ1v) is 8.34. The highest BCUT2D eigenvalue weighted by molar-refractivity contribution is 7.85. The summed E-state index contributed by atoms with van der Waals surface area (Å²) in [6.45, 7) is 8.79. The predicted octanol–water partition coefficient (Wildman–Crippen LogP) is 2.01. The van der Waals surface area contributed by atoms with E-state index in [0.29, 0.717) is 13.2 Å². The van der Waals surface area contributed by atoms with Crippen LogP contribution in [0.25, 0.3) is 0 Å². The lowest BCUT2D eigenvalue weighted by Crippen LogP contribution is -2.46. The molecule has 22 heavy (non-hydrogen) atoms. The minimum Gasteiger partial charge on any atom is -0.396 e. The largest absolute Gasteiger partial charge is 0.396 e. The Morgan fingerprint density at radius 3 is 1.91 bits per heavy atom. The van der Waals surface area contributed by atoms with Crippen LogP contribution < -0.4 is 0 Å².